The van der Waals surface area contributed by atoms with Gasteiger partial charge in [0.25, 0.3) is 5.56 Å². The van der Waals surface area contributed by atoms with Crippen LogP contribution in [0.15, 0.2) is 58.1 Å². The van der Waals surface area contributed by atoms with E-state index in [0.717, 1.165) is 17.4 Å². The first-order valence-electron chi connectivity index (χ1n) is 9.22. The zero-order valence-corrected chi connectivity index (χ0v) is 15.7. The van der Waals surface area contributed by atoms with Gasteiger partial charge in [-0.15, -0.1) is 0 Å². The van der Waals surface area contributed by atoms with Crippen LogP contribution in [0.1, 0.15) is 25.8 Å². The molecule has 144 valence electrons. The standard InChI is InChI=1S/C21H21N3O4/c1-13(19(25)22-14-10-11-14)23-18-9-4-3-8-17(18)20(26)24(21(23)27)15-6-5-7-16(12-15)28-2/h3-9,12-14H,10-11H2,1-2H3,(H,22,25)/t13-/m0/s1. The van der Waals surface area contributed by atoms with Gasteiger partial charge >= 0.3 is 5.69 Å². The molecule has 1 aliphatic rings. The van der Waals surface area contributed by atoms with Gasteiger partial charge in [0.2, 0.25) is 5.91 Å². The van der Waals surface area contributed by atoms with Crippen LogP contribution in [0.2, 0.25) is 0 Å². The highest BCUT2D eigenvalue weighted by Crippen LogP contribution is 2.21. The minimum Gasteiger partial charge on any atom is -0.497 e. The lowest BCUT2D eigenvalue weighted by atomic mass is 10.2. The third-order valence-corrected chi connectivity index (χ3v) is 5.00. The molecule has 28 heavy (non-hydrogen) atoms. The first-order chi connectivity index (χ1) is 13.5. The molecule has 0 bridgehead atoms. The molecule has 2 aromatic carbocycles. The molecule has 4 rings (SSSR count). The van der Waals surface area contributed by atoms with E-state index in [1.165, 1.54) is 11.7 Å². The van der Waals surface area contributed by atoms with Crippen molar-refractivity contribution in [2.45, 2.75) is 31.8 Å². The second-order valence-corrected chi connectivity index (χ2v) is 6.97. The zero-order valence-electron chi connectivity index (χ0n) is 15.7. The van der Waals surface area contributed by atoms with Crippen LogP contribution in [0.4, 0.5) is 0 Å². The van der Waals surface area contributed by atoms with Gasteiger partial charge in [-0.3, -0.25) is 14.2 Å². The molecule has 1 aromatic heterocycles. The van der Waals surface area contributed by atoms with Crippen LogP contribution in [-0.4, -0.2) is 28.2 Å². The fraction of sp³-hybridized carbons (Fsp3) is 0.286. The smallest absolute Gasteiger partial charge is 0.336 e. The summed E-state index contributed by atoms with van der Waals surface area (Å²) in [4.78, 5) is 39.1. The molecule has 0 radical (unpaired) electrons. The number of methoxy groups -OCH3 is 1. The minimum absolute atomic E-state index is 0.182. The molecule has 7 nitrogen and oxygen atoms in total. The van der Waals surface area contributed by atoms with Gasteiger partial charge < -0.3 is 10.1 Å². The van der Waals surface area contributed by atoms with E-state index in [0.29, 0.717) is 22.3 Å². The van der Waals surface area contributed by atoms with E-state index in [1.54, 1.807) is 55.5 Å². The van der Waals surface area contributed by atoms with Crippen LogP contribution >= 0.6 is 0 Å². The summed E-state index contributed by atoms with van der Waals surface area (Å²) in [5.41, 5.74) is -0.158. The lowest BCUT2D eigenvalue weighted by molar-refractivity contribution is -0.124. The van der Waals surface area contributed by atoms with E-state index < -0.39 is 17.3 Å². The van der Waals surface area contributed by atoms with Crippen molar-refractivity contribution in [2.24, 2.45) is 0 Å². The number of carbonyl (C=O) groups is 1. The predicted molar refractivity (Wildman–Crippen MR) is 106 cm³/mol. The molecular formula is C21H21N3O4. The summed E-state index contributed by atoms with van der Waals surface area (Å²) in [5, 5.41) is 3.30. The molecule has 1 amide bonds. The third-order valence-electron chi connectivity index (χ3n) is 5.00. The Bertz CT molecular complexity index is 1170. The summed E-state index contributed by atoms with van der Waals surface area (Å²) >= 11 is 0. The molecule has 1 aliphatic carbocycles. The molecule has 1 N–H and O–H groups in total. The highest BCUT2D eigenvalue weighted by Gasteiger charge is 2.28. The normalized spacial score (nSPS) is 14.6. The Hall–Kier alpha value is -3.35. The van der Waals surface area contributed by atoms with Crippen molar-refractivity contribution in [1.82, 2.24) is 14.5 Å². The van der Waals surface area contributed by atoms with E-state index >= 15 is 0 Å². The second kappa shape index (κ2) is 6.99. The number of hydrogen-bond donors (Lipinski definition) is 1. The van der Waals surface area contributed by atoms with Crippen molar-refractivity contribution < 1.29 is 9.53 Å². The number of amides is 1. The number of nitrogens with one attached hydrogen (secondary N) is 1. The molecule has 3 aromatic rings. The van der Waals surface area contributed by atoms with Crippen molar-refractivity contribution in [3.63, 3.8) is 0 Å². The summed E-state index contributed by atoms with van der Waals surface area (Å²) in [6, 6.07) is 13.0. The first-order valence-corrected chi connectivity index (χ1v) is 9.22. The number of nitrogens with zero attached hydrogens (tertiary/aromatic N) is 2. The summed E-state index contributed by atoms with van der Waals surface area (Å²) in [5.74, 6) is 0.300. The average molecular weight is 379 g/mol. The Morgan fingerprint density at radius 2 is 1.89 bits per heavy atom. The van der Waals surface area contributed by atoms with Crippen molar-refractivity contribution in [2.75, 3.05) is 7.11 Å². The van der Waals surface area contributed by atoms with Gasteiger partial charge in [-0.1, -0.05) is 18.2 Å². The Morgan fingerprint density at radius 1 is 1.14 bits per heavy atom. The number of ether oxygens (including phenoxy) is 1. The summed E-state index contributed by atoms with van der Waals surface area (Å²) in [7, 11) is 1.52. The van der Waals surface area contributed by atoms with E-state index in [9.17, 15) is 14.4 Å². The monoisotopic (exact) mass is 379 g/mol. The molecule has 1 saturated carbocycles. The number of hydrogen-bond acceptors (Lipinski definition) is 4. The van der Waals surface area contributed by atoms with Gasteiger partial charge in [0.1, 0.15) is 11.8 Å². The highest BCUT2D eigenvalue weighted by molar-refractivity contribution is 5.84. The maximum Gasteiger partial charge on any atom is 0.336 e. The van der Waals surface area contributed by atoms with E-state index in [1.807, 2.05) is 0 Å². The second-order valence-electron chi connectivity index (χ2n) is 6.97. The Morgan fingerprint density at radius 3 is 2.61 bits per heavy atom. The molecule has 0 aliphatic heterocycles. The van der Waals surface area contributed by atoms with E-state index in [2.05, 4.69) is 5.32 Å². The lowest BCUT2D eigenvalue weighted by Gasteiger charge is -2.19. The number of fused-ring (bicyclic) bond motifs is 1. The van der Waals surface area contributed by atoms with Gasteiger partial charge in [-0.25, -0.2) is 9.36 Å². The van der Waals surface area contributed by atoms with Crippen molar-refractivity contribution in [1.29, 1.82) is 0 Å². The van der Waals surface area contributed by atoms with Gasteiger partial charge in [0.15, 0.2) is 0 Å². The van der Waals surface area contributed by atoms with Gasteiger partial charge in [0.05, 0.1) is 23.7 Å². The first kappa shape index (κ1) is 18.0. The SMILES string of the molecule is COc1cccc(-n2c(=O)c3ccccc3n([C@@H](C)C(=O)NC3CC3)c2=O)c1. The summed E-state index contributed by atoms with van der Waals surface area (Å²) in [6.07, 6.45) is 1.91. The minimum atomic E-state index is -0.754. The zero-order chi connectivity index (χ0) is 19.8. The number of benzene rings is 2. The maximum absolute atomic E-state index is 13.4. The summed E-state index contributed by atoms with van der Waals surface area (Å²) in [6.45, 7) is 1.67. The molecule has 1 heterocycles. The number of carbonyl (C=O) groups excluding carboxylic acids is 1. The van der Waals surface area contributed by atoms with E-state index in [-0.39, 0.29) is 11.9 Å². The largest absolute Gasteiger partial charge is 0.497 e. The molecule has 0 spiro atoms. The van der Waals surface area contributed by atoms with Crippen LogP contribution < -0.4 is 21.3 Å². The number of para-hydroxylation sites is 1. The fourth-order valence-electron chi connectivity index (χ4n) is 3.30. The predicted octanol–water partition coefficient (Wildman–Crippen LogP) is 2.00. The Labute approximate surface area is 161 Å². The van der Waals surface area contributed by atoms with Crippen LogP contribution in [-0.2, 0) is 4.79 Å². The molecule has 1 atom stereocenters. The van der Waals surface area contributed by atoms with Crippen LogP contribution in [0.5, 0.6) is 5.75 Å². The van der Waals surface area contributed by atoms with Gasteiger partial charge in [-0.05, 0) is 44.0 Å². The van der Waals surface area contributed by atoms with Crippen molar-refractivity contribution >= 4 is 16.8 Å². The summed E-state index contributed by atoms with van der Waals surface area (Å²) < 4.78 is 7.69. The molecule has 1 fully saturated rings. The van der Waals surface area contributed by atoms with Gasteiger partial charge in [-0.2, -0.15) is 0 Å². The Balaban J connectivity index is 1.97. The average Bonchev–Trinajstić information content (AvgIpc) is 3.52. The Kier molecular flexibility index (Phi) is 4.50. The quantitative estimate of drug-likeness (QED) is 0.735. The topological polar surface area (TPSA) is 82.3 Å². The molecule has 7 heteroatoms. The fourth-order valence-corrected chi connectivity index (χ4v) is 3.30. The maximum atomic E-state index is 13.4. The highest BCUT2D eigenvalue weighted by atomic mass is 16.5. The number of rotatable bonds is 5. The third kappa shape index (κ3) is 3.09. The van der Waals surface area contributed by atoms with Crippen LogP contribution in [0.3, 0.4) is 0 Å². The lowest BCUT2D eigenvalue weighted by Crippen LogP contribution is -2.44. The van der Waals surface area contributed by atoms with Crippen LogP contribution in [0.25, 0.3) is 16.6 Å². The van der Waals surface area contributed by atoms with Crippen molar-refractivity contribution in [3.05, 3.63) is 69.4 Å². The molecule has 0 unspecified atom stereocenters. The molecular weight excluding hydrogens is 358 g/mol. The van der Waals surface area contributed by atoms with E-state index in [4.69, 9.17) is 4.74 Å². The van der Waals surface area contributed by atoms with Gasteiger partial charge in [0, 0.05) is 12.1 Å². The van der Waals surface area contributed by atoms with Crippen LogP contribution in [0, 0.1) is 0 Å². The molecule has 0 saturated heterocycles. The number of aromatic nitrogens is 2. The van der Waals surface area contributed by atoms with Crippen molar-refractivity contribution in [3.8, 4) is 11.4 Å².